The van der Waals surface area contributed by atoms with Crippen LogP contribution in [0.15, 0.2) is 48.5 Å². The van der Waals surface area contributed by atoms with Crippen molar-refractivity contribution < 1.29 is 18.7 Å². The third-order valence-corrected chi connectivity index (χ3v) is 4.11. The number of nitrogens with zero attached hydrogens (tertiary/aromatic N) is 1. The summed E-state index contributed by atoms with van der Waals surface area (Å²) >= 11 is 0. The molecule has 0 bridgehead atoms. The largest absolute Gasteiger partial charge is 0.483 e. The number of carbonyl (C=O) groups is 2. The number of nitrogens with two attached hydrogens (primary N) is 1. The predicted octanol–water partition coefficient (Wildman–Crippen LogP) is 2.49. The van der Waals surface area contributed by atoms with E-state index in [1.54, 1.807) is 47.4 Å². The molecule has 0 aromatic heterocycles. The highest BCUT2D eigenvalue weighted by atomic mass is 19.1. The molecule has 0 unspecified atom stereocenters. The van der Waals surface area contributed by atoms with Crippen molar-refractivity contribution in [2.24, 2.45) is 5.73 Å². The van der Waals surface area contributed by atoms with Gasteiger partial charge in [-0.05, 0) is 31.0 Å². The van der Waals surface area contributed by atoms with Crippen LogP contribution in [0.1, 0.15) is 28.8 Å². The van der Waals surface area contributed by atoms with Crippen molar-refractivity contribution in [2.45, 2.75) is 25.4 Å². The van der Waals surface area contributed by atoms with Gasteiger partial charge in [0.2, 0.25) is 0 Å². The zero-order chi connectivity index (χ0) is 17.8. The van der Waals surface area contributed by atoms with Gasteiger partial charge in [0.05, 0.1) is 5.56 Å². The van der Waals surface area contributed by atoms with E-state index in [9.17, 15) is 14.0 Å². The average Bonchev–Trinajstić information content (AvgIpc) is 3.44. The van der Waals surface area contributed by atoms with Crippen LogP contribution in [-0.4, -0.2) is 29.4 Å². The fraction of sp³-hybridized carbons (Fsp3) is 0.263. The van der Waals surface area contributed by atoms with Crippen molar-refractivity contribution in [3.63, 3.8) is 0 Å². The zero-order valence-corrected chi connectivity index (χ0v) is 13.7. The molecular weight excluding hydrogens is 323 g/mol. The Morgan fingerprint density at radius 3 is 2.48 bits per heavy atom. The van der Waals surface area contributed by atoms with Crippen LogP contribution in [0.25, 0.3) is 0 Å². The maximum absolute atomic E-state index is 13.9. The second kappa shape index (κ2) is 7.34. The van der Waals surface area contributed by atoms with Gasteiger partial charge in [0, 0.05) is 18.2 Å². The molecule has 25 heavy (non-hydrogen) atoms. The summed E-state index contributed by atoms with van der Waals surface area (Å²) in [5.41, 5.74) is 6.00. The topological polar surface area (TPSA) is 72.6 Å². The normalized spacial score (nSPS) is 13.3. The number of hydrogen-bond acceptors (Lipinski definition) is 3. The fourth-order valence-corrected chi connectivity index (χ4v) is 2.64. The van der Waals surface area contributed by atoms with E-state index in [1.165, 1.54) is 6.07 Å². The zero-order valence-electron chi connectivity index (χ0n) is 13.7. The Kier molecular flexibility index (Phi) is 4.97. The average molecular weight is 342 g/mol. The summed E-state index contributed by atoms with van der Waals surface area (Å²) in [6, 6.07) is 13.0. The van der Waals surface area contributed by atoms with Crippen LogP contribution in [0.3, 0.4) is 0 Å². The summed E-state index contributed by atoms with van der Waals surface area (Å²) in [4.78, 5) is 25.6. The Morgan fingerprint density at radius 2 is 1.80 bits per heavy atom. The quantitative estimate of drug-likeness (QED) is 0.840. The molecular formula is C19H19FN2O3. The molecule has 2 N–H and O–H groups in total. The molecule has 0 radical (unpaired) electrons. The van der Waals surface area contributed by atoms with E-state index in [0.717, 1.165) is 12.8 Å². The molecule has 2 amide bonds. The van der Waals surface area contributed by atoms with Crippen molar-refractivity contribution in [3.8, 4) is 5.75 Å². The summed E-state index contributed by atoms with van der Waals surface area (Å²) in [5, 5.41) is 0. The molecule has 0 spiro atoms. The Morgan fingerprint density at radius 1 is 1.12 bits per heavy atom. The third-order valence-electron chi connectivity index (χ3n) is 4.11. The minimum Gasteiger partial charge on any atom is -0.483 e. The number of rotatable bonds is 7. The van der Waals surface area contributed by atoms with Gasteiger partial charge >= 0.3 is 0 Å². The summed E-state index contributed by atoms with van der Waals surface area (Å²) in [5.74, 6) is -0.926. The molecule has 1 fully saturated rings. The SMILES string of the molecule is NC(=O)c1ccccc1OCC(=O)N(Cc1ccccc1F)C1CC1. The van der Waals surface area contributed by atoms with E-state index in [-0.39, 0.29) is 42.2 Å². The van der Waals surface area contributed by atoms with Gasteiger partial charge in [0.15, 0.2) is 6.61 Å². The molecule has 130 valence electrons. The molecule has 1 saturated carbocycles. The van der Waals surface area contributed by atoms with Crippen LogP contribution in [0.4, 0.5) is 4.39 Å². The van der Waals surface area contributed by atoms with Gasteiger partial charge in [-0.3, -0.25) is 9.59 Å². The first kappa shape index (κ1) is 17.0. The number of para-hydroxylation sites is 1. The second-order valence-electron chi connectivity index (χ2n) is 5.99. The lowest BCUT2D eigenvalue weighted by molar-refractivity contribution is -0.134. The highest BCUT2D eigenvalue weighted by Crippen LogP contribution is 2.29. The molecule has 2 aromatic carbocycles. The van der Waals surface area contributed by atoms with Crippen molar-refractivity contribution in [1.29, 1.82) is 0 Å². The van der Waals surface area contributed by atoms with Gasteiger partial charge in [-0.1, -0.05) is 30.3 Å². The van der Waals surface area contributed by atoms with E-state index in [4.69, 9.17) is 10.5 Å². The van der Waals surface area contributed by atoms with Gasteiger partial charge in [0.25, 0.3) is 11.8 Å². The third kappa shape index (κ3) is 4.15. The molecule has 0 saturated heterocycles. The van der Waals surface area contributed by atoms with E-state index in [0.29, 0.717) is 5.56 Å². The lowest BCUT2D eigenvalue weighted by atomic mass is 10.2. The highest BCUT2D eigenvalue weighted by Gasteiger charge is 2.33. The van der Waals surface area contributed by atoms with Gasteiger partial charge in [-0.15, -0.1) is 0 Å². The summed E-state index contributed by atoms with van der Waals surface area (Å²) in [7, 11) is 0. The smallest absolute Gasteiger partial charge is 0.261 e. The van der Waals surface area contributed by atoms with E-state index in [1.807, 2.05) is 0 Å². The molecule has 6 heteroatoms. The van der Waals surface area contributed by atoms with Crippen LogP contribution < -0.4 is 10.5 Å². The van der Waals surface area contributed by atoms with Crippen LogP contribution in [0, 0.1) is 5.82 Å². The van der Waals surface area contributed by atoms with Crippen molar-refractivity contribution in [1.82, 2.24) is 4.90 Å². The molecule has 2 aromatic rings. The first-order valence-corrected chi connectivity index (χ1v) is 8.11. The van der Waals surface area contributed by atoms with Gasteiger partial charge in [0.1, 0.15) is 11.6 Å². The summed E-state index contributed by atoms with van der Waals surface area (Å²) < 4.78 is 19.4. The van der Waals surface area contributed by atoms with Crippen LogP contribution in [0.5, 0.6) is 5.75 Å². The predicted molar refractivity (Wildman–Crippen MR) is 90.4 cm³/mol. The minimum absolute atomic E-state index is 0.113. The van der Waals surface area contributed by atoms with Crippen molar-refractivity contribution in [3.05, 3.63) is 65.5 Å². The maximum Gasteiger partial charge on any atom is 0.261 e. The standard InChI is InChI=1S/C19H19FN2O3/c20-16-7-3-1-5-13(16)11-22(14-9-10-14)18(23)12-25-17-8-4-2-6-15(17)19(21)24/h1-8,14H,9-12H2,(H2,21,24). The van der Waals surface area contributed by atoms with Crippen LogP contribution >= 0.6 is 0 Å². The molecule has 1 aliphatic carbocycles. The monoisotopic (exact) mass is 342 g/mol. The first-order chi connectivity index (χ1) is 12.1. The number of halogens is 1. The van der Waals surface area contributed by atoms with Gasteiger partial charge in [-0.25, -0.2) is 4.39 Å². The number of hydrogen-bond donors (Lipinski definition) is 1. The van der Waals surface area contributed by atoms with Crippen LogP contribution in [0.2, 0.25) is 0 Å². The van der Waals surface area contributed by atoms with Gasteiger partial charge in [-0.2, -0.15) is 0 Å². The molecule has 0 heterocycles. The molecule has 1 aliphatic rings. The Balaban J connectivity index is 1.68. The summed E-state index contributed by atoms with van der Waals surface area (Å²) in [6.07, 6.45) is 1.80. The van der Waals surface area contributed by atoms with E-state index in [2.05, 4.69) is 0 Å². The van der Waals surface area contributed by atoms with Crippen LogP contribution in [-0.2, 0) is 11.3 Å². The summed E-state index contributed by atoms with van der Waals surface area (Å²) in [6.45, 7) is -0.0216. The van der Waals surface area contributed by atoms with Crippen molar-refractivity contribution >= 4 is 11.8 Å². The lowest BCUT2D eigenvalue weighted by Crippen LogP contribution is -2.36. The lowest BCUT2D eigenvalue weighted by Gasteiger charge is -2.23. The Labute approximate surface area is 145 Å². The van der Waals surface area contributed by atoms with E-state index < -0.39 is 5.91 Å². The van der Waals surface area contributed by atoms with Crippen molar-refractivity contribution in [2.75, 3.05) is 6.61 Å². The number of ether oxygens (including phenoxy) is 1. The highest BCUT2D eigenvalue weighted by molar-refractivity contribution is 5.95. The Bertz CT molecular complexity index is 790. The molecule has 0 atom stereocenters. The minimum atomic E-state index is -0.617. The molecule has 5 nitrogen and oxygen atoms in total. The number of carbonyl (C=O) groups excluding carboxylic acids is 2. The number of primary amides is 1. The number of benzene rings is 2. The molecule has 3 rings (SSSR count). The second-order valence-corrected chi connectivity index (χ2v) is 5.99. The maximum atomic E-state index is 13.9. The molecule has 0 aliphatic heterocycles. The van der Waals surface area contributed by atoms with Gasteiger partial charge < -0.3 is 15.4 Å². The first-order valence-electron chi connectivity index (χ1n) is 8.11. The fourth-order valence-electron chi connectivity index (χ4n) is 2.64. The van der Waals surface area contributed by atoms with E-state index >= 15 is 0 Å². The number of amides is 2. The Hall–Kier alpha value is -2.89.